The van der Waals surface area contributed by atoms with Crippen molar-refractivity contribution in [3.8, 4) is 23.0 Å². The molecular weight excluding hydrogens is 414 g/mol. The van der Waals surface area contributed by atoms with E-state index in [2.05, 4.69) is 10.6 Å². The molecule has 32 heavy (non-hydrogen) atoms. The van der Waals surface area contributed by atoms with Gasteiger partial charge in [0.15, 0.2) is 11.5 Å². The average molecular weight is 437 g/mol. The predicted molar refractivity (Wildman–Crippen MR) is 121 cm³/mol. The Labute approximate surface area is 185 Å². The first kappa shape index (κ1) is 22.4. The molecular formula is C23H23N3O6. The van der Waals surface area contributed by atoms with E-state index < -0.39 is 11.0 Å². The minimum atomic E-state index is -0.590. The van der Waals surface area contributed by atoms with Gasteiger partial charge in [-0.15, -0.1) is 0 Å². The minimum Gasteiger partial charge on any atom is -0.497 e. The number of anilines is 2. The number of methoxy groups -OCH3 is 2. The second-order valence-electron chi connectivity index (χ2n) is 6.80. The molecule has 9 heteroatoms. The molecule has 0 aliphatic carbocycles. The van der Waals surface area contributed by atoms with E-state index in [0.717, 1.165) is 0 Å². The second-order valence-corrected chi connectivity index (χ2v) is 6.80. The molecule has 3 aromatic carbocycles. The molecule has 0 bridgehead atoms. The topological polar surface area (TPSA) is 112 Å². The van der Waals surface area contributed by atoms with E-state index >= 15 is 0 Å². The fraction of sp³-hybridized carbons (Fsp3) is 0.174. The van der Waals surface area contributed by atoms with Crippen molar-refractivity contribution in [3.63, 3.8) is 0 Å². The molecule has 0 aromatic heterocycles. The number of rotatable bonds is 9. The Bertz CT molecular complexity index is 1080. The van der Waals surface area contributed by atoms with Crippen LogP contribution < -0.4 is 24.8 Å². The van der Waals surface area contributed by atoms with Crippen LogP contribution in [-0.4, -0.2) is 31.1 Å². The van der Waals surface area contributed by atoms with Crippen LogP contribution >= 0.6 is 0 Å². The number of hydrogen-bond acceptors (Lipinski definition) is 7. The number of carbonyl (C=O) groups is 1. The van der Waals surface area contributed by atoms with Crippen LogP contribution in [0.25, 0.3) is 0 Å². The smallest absolute Gasteiger partial charge is 0.269 e. The van der Waals surface area contributed by atoms with Crippen LogP contribution in [0, 0.1) is 10.1 Å². The third-order valence-corrected chi connectivity index (χ3v) is 4.57. The molecule has 2 N–H and O–H groups in total. The number of nitrogens with one attached hydrogen (secondary N) is 2. The summed E-state index contributed by atoms with van der Waals surface area (Å²) in [5.41, 5.74) is 1.07. The molecule has 0 aliphatic rings. The van der Waals surface area contributed by atoms with E-state index in [-0.39, 0.29) is 11.6 Å². The van der Waals surface area contributed by atoms with Gasteiger partial charge in [-0.1, -0.05) is 0 Å². The maximum Gasteiger partial charge on any atom is 0.269 e. The Hall–Kier alpha value is -4.27. The Morgan fingerprint density at radius 2 is 1.50 bits per heavy atom. The van der Waals surface area contributed by atoms with Crippen molar-refractivity contribution in [3.05, 3.63) is 76.8 Å². The van der Waals surface area contributed by atoms with E-state index in [0.29, 0.717) is 34.4 Å². The van der Waals surface area contributed by atoms with Gasteiger partial charge in [0.1, 0.15) is 17.5 Å². The van der Waals surface area contributed by atoms with Gasteiger partial charge in [-0.3, -0.25) is 14.9 Å². The van der Waals surface area contributed by atoms with Gasteiger partial charge in [0.2, 0.25) is 5.91 Å². The summed E-state index contributed by atoms with van der Waals surface area (Å²) >= 11 is 0. The van der Waals surface area contributed by atoms with Gasteiger partial charge < -0.3 is 24.8 Å². The third kappa shape index (κ3) is 5.66. The molecule has 1 atom stereocenters. The highest BCUT2D eigenvalue weighted by molar-refractivity contribution is 5.96. The first-order valence-electron chi connectivity index (χ1n) is 9.71. The van der Waals surface area contributed by atoms with Gasteiger partial charge in [-0.2, -0.15) is 0 Å². The van der Waals surface area contributed by atoms with Gasteiger partial charge in [-0.05, 0) is 55.5 Å². The van der Waals surface area contributed by atoms with E-state index in [1.54, 1.807) is 63.6 Å². The molecule has 0 spiro atoms. The lowest BCUT2D eigenvalue weighted by molar-refractivity contribution is -0.384. The number of nitro groups is 1. The second kappa shape index (κ2) is 10.2. The van der Waals surface area contributed by atoms with Crippen LogP contribution in [0.15, 0.2) is 66.7 Å². The fourth-order valence-corrected chi connectivity index (χ4v) is 2.85. The molecule has 0 heterocycles. The number of amides is 1. The molecule has 3 rings (SSSR count). The molecule has 9 nitrogen and oxygen atoms in total. The number of nitrogens with zero attached hydrogens (tertiary/aromatic N) is 1. The number of benzene rings is 3. The fourth-order valence-electron chi connectivity index (χ4n) is 2.85. The van der Waals surface area contributed by atoms with Crippen LogP contribution in [0.4, 0.5) is 17.1 Å². The monoisotopic (exact) mass is 437 g/mol. The van der Waals surface area contributed by atoms with Crippen LogP contribution in [-0.2, 0) is 4.79 Å². The third-order valence-electron chi connectivity index (χ3n) is 4.57. The molecule has 3 aromatic rings. The predicted octanol–water partition coefficient (Wildman–Crippen LogP) is 4.84. The van der Waals surface area contributed by atoms with Gasteiger partial charge >= 0.3 is 0 Å². The molecule has 166 valence electrons. The molecule has 0 radical (unpaired) electrons. The van der Waals surface area contributed by atoms with Gasteiger partial charge in [-0.25, -0.2) is 0 Å². The highest BCUT2D eigenvalue weighted by Crippen LogP contribution is 2.34. The first-order valence-corrected chi connectivity index (χ1v) is 9.71. The van der Waals surface area contributed by atoms with Crippen molar-refractivity contribution in [1.82, 2.24) is 0 Å². The highest BCUT2D eigenvalue weighted by Gasteiger charge is 2.15. The van der Waals surface area contributed by atoms with Crippen LogP contribution in [0.1, 0.15) is 6.92 Å². The summed E-state index contributed by atoms with van der Waals surface area (Å²) in [4.78, 5) is 22.8. The van der Waals surface area contributed by atoms with Gasteiger partial charge in [0, 0.05) is 29.6 Å². The van der Waals surface area contributed by atoms with Crippen molar-refractivity contribution < 1.29 is 23.9 Å². The quantitative estimate of drug-likeness (QED) is 0.364. The summed E-state index contributed by atoms with van der Waals surface area (Å²) in [6.07, 6.45) is 0. The van der Waals surface area contributed by atoms with E-state index in [4.69, 9.17) is 14.2 Å². The van der Waals surface area contributed by atoms with Crippen LogP contribution in [0.5, 0.6) is 23.0 Å². The Kier molecular flexibility index (Phi) is 7.12. The maximum atomic E-state index is 12.5. The van der Waals surface area contributed by atoms with Crippen molar-refractivity contribution in [2.45, 2.75) is 13.0 Å². The summed E-state index contributed by atoms with van der Waals surface area (Å²) in [6, 6.07) is 17.4. The summed E-state index contributed by atoms with van der Waals surface area (Å²) in [7, 11) is 3.14. The normalized spacial score (nSPS) is 11.2. The van der Waals surface area contributed by atoms with Gasteiger partial charge in [0.25, 0.3) is 5.69 Å². The van der Waals surface area contributed by atoms with E-state index in [1.807, 2.05) is 0 Å². The van der Waals surface area contributed by atoms with Crippen LogP contribution in [0.3, 0.4) is 0 Å². The Morgan fingerprint density at radius 1 is 0.875 bits per heavy atom. The SMILES string of the molecule is COc1ccc(Oc2cc(NC(C)C(=O)Nc3ccc([N+](=O)[O-])cc3)ccc2OC)cc1. The van der Waals surface area contributed by atoms with Crippen molar-refractivity contribution >= 4 is 23.0 Å². The zero-order chi connectivity index (χ0) is 23.1. The zero-order valence-corrected chi connectivity index (χ0v) is 17.8. The standard InChI is InChI=1S/C23H23N3O6/c1-15(23(27)25-16-4-7-18(8-5-16)26(28)29)24-17-6-13-21(31-3)22(14-17)32-20-11-9-19(30-2)10-12-20/h4-15,24H,1-3H3,(H,25,27). The maximum absolute atomic E-state index is 12.5. The lowest BCUT2D eigenvalue weighted by atomic mass is 10.2. The molecule has 0 fully saturated rings. The lowest BCUT2D eigenvalue weighted by Crippen LogP contribution is -2.31. The zero-order valence-electron chi connectivity index (χ0n) is 17.8. The number of non-ortho nitro benzene ring substituents is 1. The number of ether oxygens (including phenoxy) is 3. The van der Waals surface area contributed by atoms with Crippen molar-refractivity contribution in [2.75, 3.05) is 24.9 Å². The number of hydrogen-bond donors (Lipinski definition) is 2. The molecule has 1 amide bonds. The van der Waals surface area contributed by atoms with Gasteiger partial charge in [0.05, 0.1) is 19.1 Å². The Morgan fingerprint density at radius 3 is 2.09 bits per heavy atom. The van der Waals surface area contributed by atoms with Crippen LogP contribution in [0.2, 0.25) is 0 Å². The average Bonchev–Trinajstić information content (AvgIpc) is 2.80. The highest BCUT2D eigenvalue weighted by atomic mass is 16.6. The molecule has 0 saturated carbocycles. The summed E-state index contributed by atoms with van der Waals surface area (Å²) < 4.78 is 16.5. The van der Waals surface area contributed by atoms with Crippen molar-refractivity contribution in [2.24, 2.45) is 0 Å². The largest absolute Gasteiger partial charge is 0.497 e. The number of nitro benzene ring substituents is 1. The molecule has 0 saturated heterocycles. The molecule has 0 aliphatic heterocycles. The van der Waals surface area contributed by atoms with E-state index in [1.165, 1.54) is 24.3 Å². The number of carbonyl (C=O) groups excluding carboxylic acids is 1. The summed E-state index contributed by atoms with van der Waals surface area (Å²) in [5.74, 6) is 2.03. The minimum absolute atomic E-state index is 0.0446. The summed E-state index contributed by atoms with van der Waals surface area (Å²) in [6.45, 7) is 1.70. The Balaban J connectivity index is 1.68. The summed E-state index contributed by atoms with van der Waals surface area (Å²) in [5, 5.41) is 16.6. The first-order chi connectivity index (χ1) is 15.4. The van der Waals surface area contributed by atoms with Crippen molar-refractivity contribution in [1.29, 1.82) is 0 Å². The van der Waals surface area contributed by atoms with E-state index in [9.17, 15) is 14.9 Å². The lowest BCUT2D eigenvalue weighted by Gasteiger charge is -2.17. The molecule has 1 unspecified atom stereocenters.